The number of anilines is 2. The van der Waals surface area contributed by atoms with Crippen molar-refractivity contribution in [2.75, 3.05) is 17.2 Å². The number of carbonyl (C=O) groups is 1. The summed E-state index contributed by atoms with van der Waals surface area (Å²) in [5.74, 6) is 0.755. The minimum Gasteiger partial charge on any atom is -0.494 e. The maximum atomic E-state index is 11.9. The van der Waals surface area contributed by atoms with Crippen LogP contribution in [0.5, 0.6) is 5.75 Å². The molecular formula is C16H15N3O2. The van der Waals surface area contributed by atoms with Gasteiger partial charge in [-0.2, -0.15) is 5.26 Å². The number of nitrogens with zero attached hydrogens (tertiary/aromatic N) is 1. The van der Waals surface area contributed by atoms with Crippen LogP contribution in [-0.4, -0.2) is 12.6 Å². The fourth-order valence-corrected chi connectivity index (χ4v) is 1.76. The maximum absolute atomic E-state index is 11.9. The fourth-order valence-electron chi connectivity index (χ4n) is 1.76. The van der Waals surface area contributed by atoms with Gasteiger partial charge in [-0.3, -0.25) is 0 Å². The number of rotatable bonds is 4. The Morgan fingerprint density at radius 1 is 1.14 bits per heavy atom. The van der Waals surface area contributed by atoms with Gasteiger partial charge in [0.05, 0.1) is 18.2 Å². The van der Waals surface area contributed by atoms with Gasteiger partial charge in [-0.25, -0.2) is 4.79 Å². The summed E-state index contributed by atoms with van der Waals surface area (Å²) in [5.41, 5.74) is 1.72. The molecule has 0 saturated carbocycles. The summed E-state index contributed by atoms with van der Waals surface area (Å²) in [6, 6.07) is 15.5. The summed E-state index contributed by atoms with van der Waals surface area (Å²) >= 11 is 0. The van der Waals surface area contributed by atoms with Crippen molar-refractivity contribution in [1.29, 1.82) is 5.26 Å². The van der Waals surface area contributed by atoms with Gasteiger partial charge >= 0.3 is 6.03 Å². The third-order valence-corrected chi connectivity index (χ3v) is 2.67. The van der Waals surface area contributed by atoms with Gasteiger partial charge in [-0.05, 0) is 49.4 Å². The van der Waals surface area contributed by atoms with Crippen molar-refractivity contribution >= 4 is 17.4 Å². The molecule has 0 saturated heterocycles. The highest BCUT2D eigenvalue weighted by molar-refractivity contribution is 5.99. The van der Waals surface area contributed by atoms with E-state index in [4.69, 9.17) is 10.00 Å². The topological polar surface area (TPSA) is 74.2 Å². The van der Waals surface area contributed by atoms with Gasteiger partial charge < -0.3 is 15.4 Å². The molecule has 0 atom stereocenters. The monoisotopic (exact) mass is 281 g/mol. The van der Waals surface area contributed by atoms with E-state index in [1.54, 1.807) is 48.5 Å². The van der Waals surface area contributed by atoms with Crippen LogP contribution in [0.3, 0.4) is 0 Å². The van der Waals surface area contributed by atoms with Crippen LogP contribution in [0.25, 0.3) is 0 Å². The van der Waals surface area contributed by atoms with Gasteiger partial charge in [0.15, 0.2) is 0 Å². The number of nitrogens with one attached hydrogen (secondary N) is 2. The highest BCUT2D eigenvalue weighted by Gasteiger charge is 2.03. The van der Waals surface area contributed by atoms with E-state index in [0.29, 0.717) is 23.5 Å². The summed E-state index contributed by atoms with van der Waals surface area (Å²) in [7, 11) is 0. The highest BCUT2D eigenvalue weighted by Crippen LogP contribution is 2.16. The Bertz CT molecular complexity index is 660. The van der Waals surface area contributed by atoms with E-state index >= 15 is 0 Å². The smallest absolute Gasteiger partial charge is 0.323 e. The van der Waals surface area contributed by atoms with Gasteiger partial charge in [0.25, 0.3) is 0 Å². The number of urea groups is 1. The van der Waals surface area contributed by atoms with Gasteiger partial charge in [0.1, 0.15) is 5.75 Å². The lowest BCUT2D eigenvalue weighted by Gasteiger charge is -2.09. The van der Waals surface area contributed by atoms with Crippen LogP contribution in [0, 0.1) is 11.3 Å². The van der Waals surface area contributed by atoms with Gasteiger partial charge in [-0.15, -0.1) is 0 Å². The third kappa shape index (κ3) is 4.25. The molecule has 2 amide bonds. The van der Waals surface area contributed by atoms with E-state index in [-0.39, 0.29) is 6.03 Å². The van der Waals surface area contributed by atoms with E-state index in [2.05, 4.69) is 10.6 Å². The first-order valence-electron chi connectivity index (χ1n) is 6.52. The first kappa shape index (κ1) is 14.4. The fraction of sp³-hybridized carbons (Fsp3) is 0.125. The molecule has 0 aliphatic heterocycles. The van der Waals surface area contributed by atoms with Crippen LogP contribution in [0.15, 0.2) is 48.5 Å². The molecular weight excluding hydrogens is 266 g/mol. The van der Waals surface area contributed by atoms with Gasteiger partial charge in [0, 0.05) is 11.4 Å². The van der Waals surface area contributed by atoms with Crippen LogP contribution in [0.1, 0.15) is 12.5 Å². The summed E-state index contributed by atoms with van der Waals surface area (Å²) in [6.45, 7) is 2.51. The van der Waals surface area contributed by atoms with Gasteiger partial charge in [-0.1, -0.05) is 6.07 Å². The molecule has 5 nitrogen and oxygen atoms in total. The molecule has 0 unspecified atom stereocenters. The summed E-state index contributed by atoms with van der Waals surface area (Å²) in [6.07, 6.45) is 0. The van der Waals surface area contributed by atoms with Crippen LogP contribution in [0.4, 0.5) is 16.2 Å². The summed E-state index contributed by atoms with van der Waals surface area (Å²) in [5, 5.41) is 14.2. The second-order valence-electron chi connectivity index (χ2n) is 4.23. The number of nitriles is 1. The lowest BCUT2D eigenvalue weighted by atomic mass is 10.2. The van der Waals surface area contributed by atoms with E-state index < -0.39 is 0 Å². The largest absolute Gasteiger partial charge is 0.494 e. The minimum atomic E-state index is -0.366. The van der Waals surface area contributed by atoms with Crippen LogP contribution >= 0.6 is 0 Å². The zero-order valence-electron chi connectivity index (χ0n) is 11.6. The van der Waals surface area contributed by atoms with Gasteiger partial charge in [0.2, 0.25) is 0 Å². The van der Waals surface area contributed by atoms with Crippen LogP contribution < -0.4 is 15.4 Å². The Morgan fingerprint density at radius 2 is 1.86 bits per heavy atom. The van der Waals surface area contributed by atoms with Crippen molar-refractivity contribution in [3.05, 3.63) is 54.1 Å². The first-order chi connectivity index (χ1) is 10.2. The van der Waals surface area contributed by atoms with Crippen molar-refractivity contribution in [3.63, 3.8) is 0 Å². The maximum Gasteiger partial charge on any atom is 0.323 e. The van der Waals surface area contributed by atoms with E-state index in [0.717, 1.165) is 5.75 Å². The lowest BCUT2D eigenvalue weighted by molar-refractivity contribution is 0.262. The second kappa shape index (κ2) is 6.96. The molecule has 106 valence electrons. The molecule has 2 rings (SSSR count). The number of carbonyl (C=O) groups excluding carboxylic acids is 1. The quantitative estimate of drug-likeness (QED) is 0.899. The molecule has 0 aliphatic carbocycles. The average Bonchev–Trinajstić information content (AvgIpc) is 2.49. The Morgan fingerprint density at radius 3 is 2.52 bits per heavy atom. The average molecular weight is 281 g/mol. The number of hydrogen-bond donors (Lipinski definition) is 2. The highest BCUT2D eigenvalue weighted by atomic mass is 16.5. The third-order valence-electron chi connectivity index (χ3n) is 2.67. The number of amides is 2. The van der Waals surface area contributed by atoms with Crippen molar-refractivity contribution in [1.82, 2.24) is 0 Å². The standard InChI is InChI=1S/C16H15N3O2/c1-2-21-15-8-6-13(7-9-15)18-16(20)19-14-5-3-4-12(10-14)11-17/h3-10H,2H2,1H3,(H2,18,19,20). The Kier molecular flexibility index (Phi) is 4.78. The molecule has 0 bridgehead atoms. The molecule has 0 aliphatic rings. The SMILES string of the molecule is CCOc1ccc(NC(=O)Nc2cccc(C#N)c2)cc1. The molecule has 2 N–H and O–H groups in total. The molecule has 0 radical (unpaired) electrons. The summed E-state index contributed by atoms with van der Waals surface area (Å²) < 4.78 is 5.33. The molecule has 2 aromatic rings. The Hall–Kier alpha value is -3.00. The van der Waals surface area contributed by atoms with Crippen molar-refractivity contribution in [2.45, 2.75) is 6.92 Å². The predicted molar refractivity (Wildman–Crippen MR) is 81.4 cm³/mol. The molecule has 0 spiro atoms. The summed E-state index contributed by atoms with van der Waals surface area (Å²) in [4.78, 5) is 11.9. The second-order valence-corrected chi connectivity index (χ2v) is 4.23. The first-order valence-corrected chi connectivity index (χ1v) is 6.52. The van der Waals surface area contributed by atoms with Crippen molar-refractivity contribution in [2.24, 2.45) is 0 Å². The van der Waals surface area contributed by atoms with Crippen molar-refractivity contribution < 1.29 is 9.53 Å². The molecule has 0 heterocycles. The minimum absolute atomic E-state index is 0.366. The van der Waals surface area contributed by atoms with Crippen LogP contribution in [-0.2, 0) is 0 Å². The molecule has 2 aromatic carbocycles. The number of hydrogen-bond acceptors (Lipinski definition) is 3. The van der Waals surface area contributed by atoms with E-state index in [9.17, 15) is 4.79 Å². The zero-order valence-corrected chi connectivity index (χ0v) is 11.6. The molecule has 5 heteroatoms. The normalized spacial score (nSPS) is 9.52. The Balaban J connectivity index is 1.96. The van der Waals surface area contributed by atoms with Crippen molar-refractivity contribution in [3.8, 4) is 11.8 Å². The predicted octanol–water partition coefficient (Wildman–Crippen LogP) is 3.60. The van der Waals surface area contributed by atoms with Crippen LogP contribution in [0.2, 0.25) is 0 Å². The number of ether oxygens (including phenoxy) is 1. The Labute approximate surface area is 123 Å². The lowest BCUT2D eigenvalue weighted by Crippen LogP contribution is -2.19. The number of benzene rings is 2. The molecule has 21 heavy (non-hydrogen) atoms. The molecule has 0 fully saturated rings. The van der Waals surface area contributed by atoms with E-state index in [1.165, 1.54) is 0 Å². The van der Waals surface area contributed by atoms with E-state index in [1.807, 2.05) is 13.0 Å². The zero-order chi connectivity index (χ0) is 15.1. The molecule has 0 aromatic heterocycles.